The van der Waals surface area contributed by atoms with Gasteiger partial charge in [0.1, 0.15) is 5.75 Å². The third kappa shape index (κ3) is 2.85. The van der Waals surface area contributed by atoms with Crippen molar-refractivity contribution in [1.82, 2.24) is 9.88 Å². The molecule has 1 aromatic heterocycles. The number of nitrogens with zero attached hydrogens (tertiary/aromatic N) is 2. The highest BCUT2D eigenvalue weighted by Gasteiger charge is 2.38. The molecule has 0 saturated carbocycles. The molecule has 0 N–H and O–H groups in total. The Morgan fingerprint density at radius 1 is 1.35 bits per heavy atom. The number of piperidine rings is 1. The van der Waals surface area contributed by atoms with Crippen LogP contribution in [0.25, 0.3) is 0 Å². The minimum absolute atomic E-state index is 0.147. The number of pyridine rings is 1. The van der Waals surface area contributed by atoms with E-state index in [0.717, 1.165) is 19.5 Å². The minimum atomic E-state index is -0.436. The number of ether oxygens (including phenoxy) is 1. The van der Waals surface area contributed by atoms with Crippen LogP contribution in [0.3, 0.4) is 0 Å². The molecule has 1 aliphatic heterocycles. The number of rotatable bonds is 5. The number of likely N-dealkylation sites (tertiary alicyclic amines) is 1. The van der Waals surface area contributed by atoms with Gasteiger partial charge in [-0.15, -0.1) is 0 Å². The van der Waals surface area contributed by atoms with Crippen molar-refractivity contribution in [2.75, 3.05) is 20.2 Å². The lowest BCUT2D eigenvalue weighted by atomic mass is 9.86. The molecule has 0 aliphatic carbocycles. The lowest BCUT2D eigenvalue weighted by Gasteiger charge is -2.41. The number of hydrogen-bond acceptors (Lipinski definition) is 4. The molecule has 0 radical (unpaired) electrons. The van der Waals surface area contributed by atoms with Gasteiger partial charge in [-0.1, -0.05) is 13.3 Å². The second-order valence-corrected chi connectivity index (χ2v) is 5.62. The normalized spacial score (nSPS) is 19.4. The number of carbonyl (C=O) groups is 1. The summed E-state index contributed by atoms with van der Waals surface area (Å²) in [4.78, 5) is 19.4. The molecule has 4 nitrogen and oxygen atoms in total. The topological polar surface area (TPSA) is 42.4 Å². The average Bonchev–Trinajstić information content (AvgIpc) is 2.54. The van der Waals surface area contributed by atoms with Crippen molar-refractivity contribution >= 4 is 5.78 Å². The van der Waals surface area contributed by atoms with Crippen LogP contribution in [0.1, 0.15) is 49.9 Å². The quantitative estimate of drug-likeness (QED) is 0.775. The average molecular weight is 276 g/mol. The van der Waals surface area contributed by atoms with Crippen LogP contribution in [0, 0.1) is 0 Å². The first-order valence-corrected chi connectivity index (χ1v) is 7.40. The monoisotopic (exact) mass is 276 g/mol. The highest BCUT2D eigenvalue weighted by Crippen LogP contribution is 2.28. The fraction of sp³-hybridized carbons (Fsp3) is 0.625. The molecule has 1 aliphatic rings. The Bertz CT molecular complexity index is 469. The summed E-state index contributed by atoms with van der Waals surface area (Å²) < 4.78 is 5.17. The van der Waals surface area contributed by atoms with Gasteiger partial charge in [0.2, 0.25) is 0 Å². The zero-order valence-electron chi connectivity index (χ0n) is 12.7. The summed E-state index contributed by atoms with van der Waals surface area (Å²) in [5, 5.41) is 0. The zero-order valence-corrected chi connectivity index (χ0v) is 12.7. The maximum absolute atomic E-state index is 12.9. The van der Waals surface area contributed by atoms with Crippen LogP contribution >= 0.6 is 0 Å². The van der Waals surface area contributed by atoms with Crippen LogP contribution in [-0.2, 0) is 0 Å². The van der Waals surface area contributed by atoms with Crippen LogP contribution in [0.15, 0.2) is 18.5 Å². The summed E-state index contributed by atoms with van der Waals surface area (Å²) in [6, 6.07) is 1.78. The van der Waals surface area contributed by atoms with Gasteiger partial charge in [-0.05, 0) is 45.3 Å². The van der Waals surface area contributed by atoms with Gasteiger partial charge in [-0.25, -0.2) is 0 Å². The van der Waals surface area contributed by atoms with E-state index in [0.29, 0.717) is 11.3 Å². The van der Waals surface area contributed by atoms with Crippen LogP contribution in [0.4, 0.5) is 0 Å². The molecule has 1 unspecified atom stereocenters. The Kier molecular flexibility index (Phi) is 4.76. The largest absolute Gasteiger partial charge is 0.495 e. The maximum Gasteiger partial charge on any atom is 0.184 e. The molecule has 0 bridgehead atoms. The van der Waals surface area contributed by atoms with Gasteiger partial charge in [0.25, 0.3) is 0 Å². The lowest BCUT2D eigenvalue weighted by Crippen LogP contribution is -2.53. The number of hydrogen-bond donors (Lipinski definition) is 0. The van der Waals surface area contributed by atoms with Crippen molar-refractivity contribution in [1.29, 1.82) is 0 Å². The first-order valence-electron chi connectivity index (χ1n) is 7.40. The molecule has 0 spiro atoms. The minimum Gasteiger partial charge on any atom is -0.495 e. The van der Waals surface area contributed by atoms with Gasteiger partial charge in [0.15, 0.2) is 5.78 Å². The molecule has 2 heterocycles. The first-order chi connectivity index (χ1) is 9.61. The van der Waals surface area contributed by atoms with Gasteiger partial charge >= 0.3 is 0 Å². The van der Waals surface area contributed by atoms with Gasteiger partial charge < -0.3 is 4.74 Å². The Labute approximate surface area is 121 Å². The van der Waals surface area contributed by atoms with Crippen molar-refractivity contribution in [2.45, 2.75) is 45.1 Å². The predicted molar refractivity (Wildman–Crippen MR) is 79.2 cm³/mol. The number of Topliss-reactive ketones (excluding diaryl/α,β-unsaturated/α-hetero) is 1. The van der Waals surface area contributed by atoms with E-state index in [4.69, 9.17) is 4.74 Å². The molecule has 0 aromatic carbocycles. The van der Waals surface area contributed by atoms with E-state index >= 15 is 0 Å². The standard InChI is InChI=1S/C16H24N2O2/c1-4-16(2,18-8-6-5-7-9-18)15(19)13-10-14(20-3)12-17-11-13/h10-12H,4-9H2,1-3H3. The van der Waals surface area contributed by atoms with Crippen LogP contribution in [-0.4, -0.2) is 41.4 Å². The van der Waals surface area contributed by atoms with E-state index in [1.165, 1.54) is 19.3 Å². The molecule has 1 atom stereocenters. The van der Waals surface area contributed by atoms with Gasteiger partial charge in [-0.2, -0.15) is 0 Å². The maximum atomic E-state index is 12.9. The third-order valence-electron chi connectivity index (χ3n) is 4.44. The predicted octanol–water partition coefficient (Wildman–Crippen LogP) is 2.93. The summed E-state index contributed by atoms with van der Waals surface area (Å²) >= 11 is 0. The van der Waals surface area contributed by atoms with Crippen molar-refractivity contribution < 1.29 is 9.53 Å². The van der Waals surface area contributed by atoms with Crippen molar-refractivity contribution in [3.63, 3.8) is 0 Å². The second-order valence-electron chi connectivity index (χ2n) is 5.62. The zero-order chi connectivity index (χ0) is 14.6. The molecular weight excluding hydrogens is 252 g/mol. The summed E-state index contributed by atoms with van der Waals surface area (Å²) in [6.07, 6.45) is 7.70. The molecule has 1 fully saturated rings. The molecule has 1 saturated heterocycles. The van der Waals surface area contributed by atoms with Crippen LogP contribution in [0.5, 0.6) is 5.75 Å². The first kappa shape index (κ1) is 15.0. The highest BCUT2D eigenvalue weighted by atomic mass is 16.5. The molecular formula is C16H24N2O2. The van der Waals surface area contributed by atoms with Gasteiger partial charge in [0, 0.05) is 11.8 Å². The summed E-state index contributed by atoms with van der Waals surface area (Å²) in [6.45, 7) is 6.15. The van der Waals surface area contributed by atoms with Crippen LogP contribution < -0.4 is 4.74 Å². The van der Waals surface area contributed by atoms with E-state index in [1.807, 2.05) is 0 Å². The number of ketones is 1. The summed E-state index contributed by atoms with van der Waals surface area (Å²) in [7, 11) is 1.59. The fourth-order valence-electron chi connectivity index (χ4n) is 2.88. The van der Waals surface area contributed by atoms with Gasteiger partial charge in [0.05, 0.1) is 18.8 Å². The summed E-state index contributed by atoms with van der Waals surface area (Å²) in [5.74, 6) is 0.779. The SMILES string of the molecule is CCC(C)(C(=O)c1cncc(OC)c1)N1CCCCC1. The number of aromatic nitrogens is 1. The van der Waals surface area contributed by atoms with E-state index in [-0.39, 0.29) is 5.78 Å². The Balaban J connectivity index is 2.26. The van der Waals surface area contributed by atoms with E-state index in [2.05, 4.69) is 23.7 Å². The fourth-order valence-corrected chi connectivity index (χ4v) is 2.88. The third-order valence-corrected chi connectivity index (χ3v) is 4.44. The van der Waals surface area contributed by atoms with Crippen molar-refractivity contribution in [3.05, 3.63) is 24.0 Å². The number of methoxy groups -OCH3 is 1. The summed E-state index contributed by atoms with van der Waals surface area (Å²) in [5.41, 5.74) is 0.202. The van der Waals surface area contributed by atoms with E-state index in [1.54, 1.807) is 25.6 Å². The Morgan fingerprint density at radius 3 is 2.65 bits per heavy atom. The van der Waals surface area contributed by atoms with E-state index < -0.39 is 5.54 Å². The lowest BCUT2D eigenvalue weighted by molar-refractivity contribution is 0.0505. The number of carbonyl (C=O) groups excluding carboxylic acids is 1. The molecule has 4 heteroatoms. The van der Waals surface area contributed by atoms with E-state index in [9.17, 15) is 4.79 Å². The Hall–Kier alpha value is -1.42. The molecule has 110 valence electrons. The molecule has 0 amide bonds. The van der Waals surface area contributed by atoms with Crippen molar-refractivity contribution in [2.24, 2.45) is 0 Å². The molecule has 1 aromatic rings. The highest BCUT2D eigenvalue weighted by molar-refractivity contribution is 6.03. The molecule has 2 rings (SSSR count). The Morgan fingerprint density at radius 2 is 2.05 bits per heavy atom. The van der Waals surface area contributed by atoms with Crippen molar-refractivity contribution in [3.8, 4) is 5.75 Å². The van der Waals surface area contributed by atoms with Gasteiger partial charge in [-0.3, -0.25) is 14.7 Å². The molecule has 20 heavy (non-hydrogen) atoms. The van der Waals surface area contributed by atoms with Crippen LogP contribution in [0.2, 0.25) is 0 Å². The second kappa shape index (κ2) is 6.35. The smallest absolute Gasteiger partial charge is 0.184 e.